The van der Waals surface area contributed by atoms with Gasteiger partial charge in [0.2, 0.25) is 0 Å². The molecule has 1 saturated heterocycles. The van der Waals surface area contributed by atoms with Crippen LogP contribution in [0.2, 0.25) is 0 Å². The predicted octanol–water partition coefficient (Wildman–Crippen LogP) is 0.578. The van der Waals surface area contributed by atoms with E-state index in [4.69, 9.17) is 9.47 Å². The van der Waals surface area contributed by atoms with Crippen molar-refractivity contribution < 1.29 is 24.3 Å². The summed E-state index contributed by atoms with van der Waals surface area (Å²) in [4.78, 5) is 27.9. The molecule has 0 amide bonds. The first-order valence-corrected chi connectivity index (χ1v) is 14.0. The molecule has 4 atom stereocenters. The minimum Gasteiger partial charge on any atom is -0.394 e. The van der Waals surface area contributed by atoms with E-state index in [-0.39, 0.29) is 6.61 Å². The van der Waals surface area contributed by atoms with Gasteiger partial charge in [-0.25, -0.2) is 9.36 Å². The Morgan fingerprint density at radius 3 is 2.49 bits per heavy atom. The van der Waals surface area contributed by atoms with Crippen LogP contribution in [0.25, 0.3) is 12.2 Å². The number of aliphatic hydroxyl groups is 2. The number of hydrogen-bond acceptors (Lipinski definition) is 9. The average molecular weight is 591 g/mol. The molecule has 1 aliphatic heterocycles. The summed E-state index contributed by atoms with van der Waals surface area (Å²) in [5.41, 5.74) is 2.69. The number of ether oxygens (including phenoxy) is 2. The fourth-order valence-corrected chi connectivity index (χ4v) is 4.82. The molecule has 13 nitrogen and oxygen atoms in total. The second-order valence-corrected chi connectivity index (χ2v) is 10.5. The van der Waals surface area contributed by atoms with Gasteiger partial charge >= 0.3 is 5.69 Å². The van der Waals surface area contributed by atoms with Gasteiger partial charge in [0.25, 0.3) is 5.56 Å². The van der Waals surface area contributed by atoms with Crippen molar-refractivity contribution in [2.45, 2.75) is 50.7 Å². The lowest BCUT2D eigenvalue weighted by atomic mass is 10.1. The molecule has 0 aliphatic carbocycles. The molecule has 3 aromatic heterocycles. The first-order valence-electron chi connectivity index (χ1n) is 14.0. The first kappa shape index (κ1) is 30.0. The third-order valence-electron chi connectivity index (χ3n) is 7.23. The number of aryl methyl sites for hydroxylation is 2. The molecule has 0 saturated carbocycles. The Hall–Kier alpha value is -4.43. The Morgan fingerprint density at radius 1 is 1.09 bits per heavy atom. The van der Waals surface area contributed by atoms with Gasteiger partial charge in [-0.1, -0.05) is 29.5 Å². The number of hydrogen-bond donors (Lipinski definition) is 3. The second kappa shape index (κ2) is 13.7. The fraction of sp³-hybridized carbons (Fsp3) is 0.367. The Balaban J connectivity index is 1.11. The number of pyridine rings is 1. The molecule has 43 heavy (non-hydrogen) atoms. The van der Waals surface area contributed by atoms with Crippen molar-refractivity contribution in [2.24, 2.45) is 0 Å². The summed E-state index contributed by atoms with van der Waals surface area (Å²) in [5, 5.41) is 28.5. The standard InChI is InChI=1S/C30H35N7O6/c1-34(2)24-8-6-21(7-9-24)4-5-22-10-15-35(16-11-22)13-3-14-36-18-23(32-33-36)20-42-28-27(40)25(19-38)43-29(28)37-17-12-26(39)31-30(37)41/h4-12,15-18,25,27-29,38,40H,3,13-14,19-20H2,1-2H3/p+1/t25-,27-,28-,29-/m1/s1. The van der Waals surface area contributed by atoms with E-state index in [2.05, 4.69) is 73.3 Å². The van der Waals surface area contributed by atoms with E-state index >= 15 is 0 Å². The van der Waals surface area contributed by atoms with E-state index in [9.17, 15) is 19.8 Å². The van der Waals surface area contributed by atoms with Crippen LogP contribution in [-0.2, 0) is 29.2 Å². The highest BCUT2D eigenvalue weighted by Gasteiger charge is 2.45. The van der Waals surface area contributed by atoms with Crippen molar-refractivity contribution in [3.63, 3.8) is 0 Å². The molecule has 5 rings (SSSR count). The van der Waals surface area contributed by atoms with Gasteiger partial charge in [0.1, 0.15) is 30.6 Å². The maximum absolute atomic E-state index is 12.3. The van der Waals surface area contributed by atoms with E-state index < -0.39 is 42.4 Å². The van der Waals surface area contributed by atoms with Crippen LogP contribution in [0, 0.1) is 0 Å². The van der Waals surface area contributed by atoms with E-state index in [0.29, 0.717) is 12.2 Å². The van der Waals surface area contributed by atoms with Crippen molar-refractivity contribution in [1.82, 2.24) is 24.5 Å². The topological polar surface area (TPSA) is 152 Å². The molecular formula is C30H36N7O6+. The quantitative estimate of drug-likeness (QED) is 0.201. The molecule has 1 aromatic carbocycles. The van der Waals surface area contributed by atoms with Gasteiger partial charge in [-0.05, 0) is 23.3 Å². The lowest BCUT2D eigenvalue weighted by Crippen LogP contribution is -2.39. The Kier molecular flexibility index (Phi) is 9.57. The lowest BCUT2D eigenvalue weighted by Gasteiger charge is -2.21. The van der Waals surface area contributed by atoms with Crippen LogP contribution in [0.5, 0.6) is 0 Å². The van der Waals surface area contributed by atoms with Crippen molar-refractivity contribution >= 4 is 17.8 Å². The molecule has 0 radical (unpaired) electrons. The molecule has 1 fully saturated rings. The smallest absolute Gasteiger partial charge is 0.330 e. The number of benzene rings is 1. The number of nitrogens with one attached hydrogen (secondary N) is 1. The number of anilines is 1. The maximum atomic E-state index is 12.3. The largest absolute Gasteiger partial charge is 0.394 e. The molecule has 4 aromatic rings. The SMILES string of the molecule is CN(C)c1ccc(C=Cc2cc[n+](CCCn3cc(CO[C@@H]4[C@H](O)[C@@H](CO)O[C@H]4n4ccc(=O)[nH]c4=O)nn3)cc2)cc1. The highest BCUT2D eigenvalue weighted by Crippen LogP contribution is 2.31. The molecule has 13 heteroatoms. The zero-order valence-corrected chi connectivity index (χ0v) is 24.1. The van der Waals surface area contributed by atoms with Gasteiger partial charge in [0.05, 0.1) is 19.4 Å². The number of rotatable bonds is 12. The van der Waals surface area contributed by atoms with Gasteiger partial charge in [-0.15, -0.1) is 5.10 Å². The third kappa shape index (κ3) is 7.51. The van der Waals surface area contributed by atoms with E-state index in [1.54, 1.807) is 10.9 Å². The summed E-state index contributed by atoms with van der Waals surface area (Å²) >= 11 is 0. The number of aromatic nitrogens is 6. The Bertz CT molecular complexity index is 1630. The summed E-state index contributed by atoms with van der Waals surface area (Å²) in [6, 6.07) is 13.7. The highest BCUT2D eigenvalue weighted by atomic mass is 16.6. The zero-order chi connectivity index (χ0) is 30.3. The summed E-state index contributed by atoms with van der Waals surface area (Å²) in [6.45, 7) is 0.976. The molecule has 4 heterocycles. The summed E-state index contributed by atoms with van der Waals surface area (Å²) < 4.78 is 16.5. The van der Waals surface area contributed by atoms with Crippen LogP contribution < -0.4 is 20.7 Å². The number of H-pyrrole nitrogens is 1. The molecule has 0 unspecified atom stereocenters. The van der Waals surface area contributed by atoms with Crippen molar-refractivity contribution in [3.8, 4) is 0 Å². The monoisotopic (exact) mass is 590 g/mol. The van der Waals surface area contributed by atoms with Crippen LogP contribution in [0.15, 0.2) is 76.8 Å². The second-order valence-electron chi connectivity index (χ2n) is 10.5. The summed E-state index contributed by atoms with van der Waals surface area (Å²) in [5.74, 6) is 0. The molecule has 226 valence electrons. The van der Waals surface area contributed by atoms with Crippen molar-refractivity contribution in [1.29, 1.82) is 0 Å². The maximum Gasteiger partial charge on any atom is 0.330 e. The van der Waals surface area contributed by atoms with Crippen LogP contribution in [0.1, 0.15) is 29.5 Å². The molecule has 0 bridgehead atoms. The number of aromatic amines is 1. The van der Waals surface area contributed by atoms with Gasteiger partial charge in [0.15, 0.2) is 18.6 Å². The lowest BCUT2D eigenvalue weighted by molar-refractivity contribution is -0.697. The Labute approximate surface area is 247 Å². The van der Waals surface area contributed by atoms with Gasteiger partial charge in [0, 0.05) is 57.1 Å². The normalized spacial score (nSPS) is 20.2. The molecule has 0 spiro atoms. The number of aliphatic hydroxyl groups excluding tert-OH is 2. The predicted molar refractivity (Wildman–Crippen MR) is 158 cm³/mol. The van der Waals surface area contributed by atoms with Gasteiger partial charge in [-0.3, -0.25) is 19.0 Å². The average Bonchev–Trinajstić information content (AvgIpc) is 3.59. The van der Waals surface area contributed by atoms with Crippen molar-refractivity contribution in [3.05, 3.63) is 105 Å². The van der Waals surface area contributed by atoms with Gasteiger partial charge in [-0.2, -0.15) is 0 Å². The van der Waals surface area contributed by atoms with E-state index in [1.807, 2.05) is 26.5 Å². The fourth-order valence-electron chi connectivity index (χ4n) is 4.82. The van der Waals surface area contributed by atoms with Crippen LogP contribution in [-0.4, -0.2) is 73.8 Å². The zero-order valence-electron chi connectivity index (χ0n) is 24.1. The first-order chi connectivity index (χ1) is 20.8. The summed E-state index contributed by atoms with van der Waals surface area (Å²) in [7, 11) is 4.05. The highest BCUT2D eigenvalue weighted by molar-refractivity contribution is 5.70. The Morgan fingerprint density at radius 2 is 1.81 bits per heavy atom. The molecule has 1 aliphatic rings. The number of nitrogens with zero attached hydrogens (tertiary/aromatic N) is 6. The van der Waals surface area contributed by atoms with Crippen molar-refractivity contribution in [2.75, 3.05) is 25.6 Å². The molecule has 3 N–H and O–H groups in total. The molecular weight excluding hydrogens is 554 g/mol. The minimum atomic E-state index is -1.20. The minimum absolute atomic E-state index is 0.00135. The van der Waals surface area contributed by atoms with Gasteiger partial charge < -0.3 is 24.6 Å². The van der Waals surface area contributed by atoms with Crippen LogP contribution in [0.3, 0.4) is 0 Å². The third-order valence-corrected chi connectivity index (χ3v) is 7.23. The van der Waals surface area contributed by atoms with E-state index in [0.717, 1.165) is 28.7 Å². The summed E-state index contributed by atoms with van der Waals surface area (Å²) in [6.07, 6.45) is 7.97. The van der Waals surface area contributed by atoms with Crippen LogP contribution in [0.4, 0.5) is 5.69 Å². The van der Waals surface area contributed by atoms with Crippen LogP contribution >= 0.6 is 0 Å². The van der Waals surface area contributed by atoms with E-state index in [1.165, 1.54) is 18.0 Å².